The molecule has 0 heterocycles. The third-order valence-electron chi connectivity index (χ3n) is 2.71. The van der Waals surface area contributed by atoms with Crippen molar-refractivity contribution in [1.29, 1.82) is 0 Å². The monoisotopic (exact) mass is 240 g/mol. The summed E-state index contributed by atoms with van der Waals surface area (Å²) in [6, 6.07) is 6.19. The molecule has 70 valence electrons. The highest BCUT2D eigenvalue weighted by Gasteiger charge is 2.35. The van der Waals surface area contributed by atoms with Crippen molar-refractivity contribution in [2.24, 2.45) is 5.92 Å². The van der Waals surface area contributed by atoms with Gasteiger partial charge in [0.15, 0.2) is 0 Å². The fourth-order valence-electron chi connectivity index (χ4n) is 1.69. The predicted octanol–water partition coefficient (Wildman–Crippen LogP) is 3.58. The maximum Gasteiger partial charge on any atom is 0.119 e. The highest BCUT2D eigenvalue weighted by Crippen LogP contribution is 2.49. The second-order valence-corrected chi connectivity index (χ2v) is 4.56. The van der Waals surface area contributed by atoms with Crippen LogP contribution in [0, 0.1) is 5.92 Å². The molecule has 1 aromatic rings. The van der Waals surface area contributed by atoms with Gasteiger partial charge in [-0.2, -0.15) is 0 Å². The predicted molar refractivity (Wildman–Crippen MR) is 57.2 cm³/mol. The molecule has 0 spiro atoms. The van der Waals surface area contributed by atoms with Crippen LogP contribution in [-0.2, 0) is 0 Å². The standard InChI is InChI=1S/C11H13BrO/c1-7-5-9(7)10-6-8(13-2)3-4-11(10)12/h3-4,6-7,9H,5H2,1-2H3/t7-,9-/m0/s1. The highest BCUT2D eigenvalue weighted by molar-refractivity contribution is 9.10. The lowest BCUT2D eigenvalue weighted by Gasteiger charge is -2.05. The Labute approximate surface area is 87.2 Å². The van der Waals surface area contributed by atoms with Crippen molar-refractivity contribution in [3.63, 3.8) is 0 Å². The topological polar surface area (TPSA) is 9.23 Å². The molecule has 1 saturated carbocycles. The number of halogens is 1. The minimum absolute atomic E-state index is 0.740. The zero-order valence-electron chi connectivity index (χ0n) is 7.88. The number of hydrogen-bond donors (Lipinski definition) is 0. The number of hydrogen-bond acceptors (Lipinski definition) is 1. The van der Waals surface area contributed by atoms with Crippen LogP contribution in [0.2, 0.25) is 0 Å². The summed E-state index contributed by atoms with van der Waals surface area (Å²) in [6.07, 6.45) is 1.31. The van der Waals surface area contributed by atoms with Crippen LogP contribution in [0.4, 0.5) is 0 Å². The van der Waals surface area contributed by atoms with Gasteiger partial charge in [0, 0.05) is 4.47 Å². The molecule has 1 fully saturated rings. The van der Waals surface area contributed by atoms with Gasteiger partial charge in [0.25, 0.3) is 0 Å². The van der Waals surface area contributed by atoms with Gasteiger partial charge < -0.3 is 4.74 Å². The molecule has 2 atom stereocenters. The van der Waals surface area contributed by atoms with Crippen molar-refractivity contribution in [3.8, 4) is 5.75 Å². The summed E-state index contributed by atoms with van der Waals surface area (Å²) < 4.78 is 6.41. The maximum absolute atomic E-state index is 5.20. The van der Waals surface area contributed by atoms with Crippen LogP contribution in [0.25, 0.3) is 0 Å². The molecule has 1 aliphatic rings. The first kappa shape index (κ1) is 9.07. The van der Waals surface area contributed by atoms with Gasteiger partial charge in [-0.15, -0.1) is 0 Å². The Morgan fingerprint density at radius 1 is 1.46 bits per heavy atom. The van der Waals surface area contributed by atoms with Crippen LogP contribution in [0.3, 0.4) is 0 Å². The fourth-order valence-corrected chi connectivity index (χ4v) is 2.23. The molecule has 0 saturated heterocycles. The summed E-state index contributed by atoms with van der Waals surface area (Å²) in [5.74, 6) is 2.53. The Bertz CT molecular complexity index is 322. The molecule has 13 heavy (non-hydrogen) atoms. The van der Waals surface area contributed by atoms with E-state index >= 15 is 0 Å². The van der Waals surface area contributed by atoms with Gasteiger partial charge in [-0.05, 0) is 42.0 Å². The van der Waals surface area contributed by atoms with E-state index in [1.165, 1.54) is 16.5 Å². The fraction of sp³-hybridized carbons (Fsp3) is 0.455. The SMILES string of the molecule is COc1ccc(Br)c([C@H]2C[C@@H]2C)c1. The van der Waals surface area contributed by atoms with Crippen molar-refractivity contribution in [1.82, 2.24) is 0 Å². The lowest BCUT2D eigenvalue weighted by atomic mass is 10.1. The molecule has 0 unspecified atom stereocenters. The van der Waals surface area contributed by atoms with Crippen LogP contribution in [-0.4, -0.2) is 7.11 Å². The largest absolute Gasteiger partial charge is 0.497 e. The average molecular weight is 241 g/mol. The highest BCUT2D eigenvalue weighted by atomic mass is 79.9. The summed E-state index contributed by atoms with van der Waals surface area (Å²) in [5, 5.41) is 0. The van der Waals surface area contributed by atoms with E-state index in [0.717, 1.165) is 17.6 Å². The van der Waals surface area contributed by atoms with Gasteiger partial charge in [-0.3, -0.25) is 0 Å². The number of ether oxygens (including phenoxy) is 1. The molecule has 0 radical (unpaired) electrons. The first-order valence-electron chi connectivity index (χ1n) is 4.56. The van der Waals surface area contributed by atoms with Crippen molar-refractivity contribution in [3.05, 3.63) is 28.2 Å². The van der Waals surface area contributed by atoms with Crippen molar-refractivity contribution in [2.75, 3.05) is 7.11 Å². The second-order valence-electron chi connectivity index (χ2n) is 3.71. The quantitative estimate of drug-likeness (QED) is 0.768. The average Bonchev–Trinajstić information content (AvgIpc) is 2.83. The van der Waals surface area contributed by atoms with E-state index < -0.39 is 0 Å². The minimum atomic E-state index is 0.740. The molecule has 0 N–H and O–H groups in total. The van der Waals surface area contributed by atoms with E-state index in [4.69, 9.17) is 4.74 Å². The Morgan fingerprint density at radius 2 is 2.15 bits per heavy atom. The van der Waals surface area contributed by atoms with Gasteiger partial charge in [-0.25, -0.2) is 0 Å². The molecule has 0 aliphatic heterocycles. The van der Waals surface area contributed by atoms with Gasteiger partial charge in [-0.1, -0.05) is 22.9 Å². The summed E-state index contributed by atoms with van der Waals surface area (Å²) in [4.78, 5) is 0. The molecule has 0 bridgehead atoms. The summed E-state index contributed by atoms with van der Waals surface area (Å²) >= 11 is 3.57. The van der Waals surface area contributed by atoms with Crippen LogP contribution >= 0.6 is 15.9 Å². The molecule has 0 amide bonds. The maximum atomic E-state index is 5.20. The number of rotatable bonds is 2. The third kappa shape index (κ3) is 1.73. The van der Waals surface area contributed by atoms with Crippen LogP contribution in [0.1, 0.15) is 24.8 Å². The van der Waals surface area contributed by atoms with Crippen molar-refractivity contribution in [2.45, 2.75) is 19.3 Å². The molecule has 2 rings (SSSR count). The smallest absolute Gasteiger partial charge is 0.119 e. The van der Waals surface area contributed by atoms with Gasteiger partial charge in [0.2, 0.25) is 0 Å². The number of benzene rings is 1. The van der Waals surface area contributed by atoms with E-state index in [9.17, 15) is 0 Å². The molecule has 1 aromatic carbocycles. The summed E-state index contributed by atoms with van der Waals surface area (Å²) in [5.41, 5.74) is 1.40. The Balaban J connectivity index is 2.32. The Morgan fingerprint density at radius 3 is 2.69 bits per heavy atom. The van der Waals surface area contributed by atoms with Crippen LogP contribution in [0.5, 0.6) is 5.75 Å². The van der Waals surface area contributed by atoms with Gasteiger partial charge >= 0.3 is 0 Å². The molecular weight excluding hydrogens is 228 g/mol. The van der Waals surface area contributed by atoms with E-state index in [-0.39, 0.29) is 0 Å². The lowest BCUT2D eigenvalue weighted by molar-refractivity contribution is 0.414. The van der Waals surface area contributed by atoms with Crippen LogP contribution < -0.4 is 4.74 Å². The summed E-state index contributed by atoms with van der Waals surface area (Å²) in [7, 11) is 1.71. The Hall–Kier alpha value is -0.500. The Kier molecular flexibility index (Phi) is 2.33. The van der Waals surface area contributed by atoms with Crippen LogP contribution in [0.15, 0.2) is 22.7 Å². The third-order valence-corrected chi connectivity index (χ3v) is 3.43. The van der Waals surface area contributed by atoms with Gasteiger partial charge in [0.1, 0.15) is 5.75 Å². The molecule has 1 nitrogen and oxygen atoms in total. The normalized spacial score (nSPS) is 25.8. The number of methoxy groups -OCH3 is 1. The summed E-state index contributed by atoms with van der Waals surface area (Å²) in [6.45, 7) is 2.29. The first-order chi connectivity index (χ1) is 6.22. The zero-order valence-corrected chi connectivity index (χ0v) is 9.47. The first-order valence-corrected chi connectivity index (χ1v) is 5.35. The molecule has 1 aliphatic carbocycles. The lowest BCUT2D eigenvalue weighted by Crippen LogP contribution is -1.87. The van der Waals surface area contributed by atoms with Crippen molar-refractivity contribution < 1.29 is 4.74 Å². The zero-order chi connectivity index (χ0) is 9.42. The van der Waals surface area contributed by atoms with E-state index in [1.807, 2.05) is 6.07 Å². The van der Waals surface area contributed by atoms with E-state index in [1.54, 1.807) is 7.11 Å². The van der Waals surface area contributed by atoms with Crippen molar-refractivity contribution >= 4 is 15.9 Å². The van der Waals surface area contributed by atoms with E-state index in [0.29, 0.717) is 0 Å². The van der Waals surface area contributed by atoms with Gasteiger partial charge in [0.05, 0.1) is 7.11 Å². The second kappa shape index (κ2) is 3.33. The molecule has 0 aromatic heterocycles. The molecular formula is C11H13BrO. The van der Waals surface area contributed by atoms with E-state index in [2.05, 4.69) is 35.0 Å². The minimum Gasteiger partial charge on any atom is -0.497 e. The molecule has 2 heteroatoms.